The van der Waals surface area contributed by atoms with E-state index in [0.29, 0.717) is 12.0 Å². The number of nitrogens with zero attached hydrogens (tertiary/aromatic N) is 1. The number of ketones is 1. The van der Waals surface area contributed by atoms with Crippen LogP contribution in [0.2, 0.25) is 0 Å². The van der Waals surface area contributed by atoms with Gasteiger partial charge < -0.3 is 4.90 Å². The first-order chi connectivity index (χ1) is 17.3. The van der Waals surface area contributed by atoms with Crippen LogP contribution in [0.5, 0.6) is 0 Å². The summed E-state index contributed by atoms with van der Waals surface area (Å²) >= 11 is 0. The van der Waals surface area contributed by atoms with Crippen LogP contribution < -0.4 is 0 Å². The lowest BCUT2D eigenvalue weighted by Gasteiger charge is -2.47. The molecule has 2 unspecified atom stereocenters. The average Bonchev–Trinajstić information content (AvgIpc) is 2.89. The predicted octanol–water partition coefficient (Wildman–Crippen LogP) is 5.90. The quantitative estimate of drug-likeness (QED) is 0.335. The zero-order valence-corrected chi connectivity index (χ0v) is 20.4. The number of carbonyl (C=O) groups is 2. The molecule has 3 aromatic rings. The van der Waals surface area contributed by atoms with E-state index in [9.17, 15) is 18.4 Å². The van der Waals surface area contributed by atoms with Crippen molar-refractivity contribution in [1.82, 2.24) is 4.90 Å². The normalized spacial score (nSPS) is 19.6. The highest BCUT2D eigenvalue weighted by molar-refractivity contribution is 6.04. The molecule has 0 bridgehead atoms. The van der Waals surface area contributed by atoms with Crippen LogP contribution in [0.15, 0.2) is 73.3 Å². The Hall–Kier alpha value is -4.04. The van der Waals surface area contributed by atoms with Crippen molar-refractivity contribution in [2.75, 3.05) is 7.05 Å². The molecule has 1 amide bonds. The van der Waals surface area contributed by atoms with E-state index >= 15 is 0 Å². The Balaban J connectivity index is 1.58. The summed E-state index contributed by atoms with van der Waals surface area (Å²) in [7, 11) is 1.66. The van der Waals surface area contributed by atoms with Gasteiger partial charge in [-0.3, -0.25) is 9.59 Å². The van der Waals surface area contributed by atoms with Gasteiger partial charge in [0.2, 0.25) is 5.91 Å². The molecule has 3 aromatic carbocycles. The van der Waals surface area contributed by atoms with Gasteiger partial charge in [0.05, 0.1) is 5.54 Å². The van der Waals surface area contributed by atoms with Gasteiger partial charge in [-0.1, -0.05) is 73.9 Å². The molecule has 1 heterocycles. The number of rotatable bonds is 5. The van der Waals surface area contributed by atoms with Crippen LogP contribution in [0.4, 0.5) is 8.78 Å². The Labute approximate surface area is 210 Å². The molecule has 5 heteroatoms. The average molecular weight is 484 g/mol. The molecule has 0 saturated carbocycles. The smallest absolute Gasteiger partial charge is 0.233 e. The van der Waals surface area contributed by atoms with E-state index < -0.39 is 29.0 Å². The maximum atomic E-state index is 15.0. The van der Waals surface area contributed by atoms with E-state index in [4.69, 9.17) is 0 Å². The van der Waals surface area contributed by atoms with Crippen molar-refractivity contribution in [1.29, 1.82) is 0 Å². The van der Waals surface area contributed by atoms with Crippen molar-refractivity contribution in [2.45, 2.75) is 31.7 Å². The second-order valence-electron chi connectivity index (χ2n) is 9.05. The van der Waals surface area contributed by atoms with Gasteiger partial charge in [0, 0.05) is 30.2 Å². The fraction of sp³-hybridized carbons (Fsp3) is 0.226. The predicted molar refractivity (Wildman–Crippen MR) is 137 cm³/mol. The topological polar surface area (TPSA) is 37.4 Å². The molecule has 1 saturated heterocycles. The molecule has 0 spiro atoms. The third-order valence-electron chi connectivity index (χ3n) is 7.04. The Morgan fingerprint density at radius 1 is 1.00 bits per heavy atom. The number of amides is 1. The summed E-state index contributed by atoms with van der Waals surface area (Å²) < 4.78 is 30.0. The van der Waals surface area contributed by atoms with E-state index in [1.165, 1.54) is 0 Å². The van der Waals surface area contributed by atoms with Crippen molar-refractivity contribution >= 4 is 17.8 Å². The van der Waals surface area contributed by atoms with E-state index in [-0.39, 0.29) is 29.8 Å². The molecule has 0 aliphatic carbocycles. The highest BCUT2D eigenvalue weighted by Crippen LogP contribution is 2.41. The van der Waals surface area contributed by atoms with E-state index in [2.05, 4.69) is 18.4 Å². The molecular formula is C31H27F2NO2. The lowest BCUT2D eigenvalue weighted by Crippen LogP contribution is -2.57. The molecule has 2 atom stereocenters. The highest BCUT2D eigenvalue weighted by atomic mass is 19.1. The van der Waals surface area contributed by atoms with Gasteiger partial charge in [0.25, 0.3) is 0 Å². The first-order valence-electron chi connectivity index (χ1n) is 11.9. The van der Waals surface area contributed by atoms with Crippen LogP contribution in [0, 0.1) is 29.4 Å². The van der Waals surface area contributed by atoms with Gasteiger partial charge in [-0.25, -0.2) is 8.78 Å². The highest BCUT2D eigenvalue weighted by Gasteiger charge is 2.49. The number of benzene rings is 3. The molecule has 1 aliphatic heterocycles. The standard InChI is InChI=1S/C31H27F2NO2/c1-4-21-10-9-11-22(16-21)14-15-23-17-27(32)25(28(33)18-23)19-26-29(35)20-31(5-2,34(3)30(26)36)24-12-7-6-8-13-24/h4,6-13,16-18,26H,1,5,19-20H2,2-3H3. The van der Waals surface area contributed by atoms with Crippen LogP contribution in [-0.2, 0) is 21.5 Å². The molecule has 0 N–H and O–H groups in total. The molecule has 182 valence electrons. The summed E-state index contributed by atoms with van der Waals surface area (Å²) in [4.78, 5) is 28.1. The molecule has 0 radical (unpaired) electrons. The zero-order chi connectivity index (χ0) is 25.9. The Bertz CT molecular complexity index is 1360. The van der Waals surface area contributed by atoms with E-state index in [1.807, 2.05) is 55.5 Å². The minimum atomic E-state index is -1.14. The number of carbonyl (C=O) groups excluding carboxylic acids is 2. The largest absolute Gasteiger partial charge is 0.335 e. The fourth-order valence-corrected chi connectivity index (χ4v) is 4.89. The van der Waals surface area contributed by atoms with Crippen LogP contribution >= 0.6 is 0 Å². The second kappa shape index (κ2) is 10.3. The van der Waals surface area contributed by atoms with Gasteiger partial charge >= 0.3 is 0 Å². The third-order valence-corrected chi connectivity index (χ3v) is 7.04. The monoisotopic (exact) mass is 483 g/mol. The number of hydrogen-bond donors (Lipinski definition) is 0. The summed E-state index contributed by atoms with van der Waals surface area (Å²) in [5.74, 6) is 2.15. The summed E-state index contributed by atoms with van der Waals surface area (Å²) in [5.41, 5.74) is 1.57. The molecular weight excluding hydrogens is 456 g/mol. The minimum Gasteiger partial charge on any atom is -0.335 e. The molecule has 4 rings (SSSR count). The van der Waals surface area contributed by atoms with Crippen molar-refractivity contribution < 1.29 is 18.4 Å². The summed E-state index contributed by atoms with van der Waals surface area (Å²) in [6.45, 7) is 5.64. The van der Waals surface area contributed by atoms with Crippen LogP contribution in [0.25, 0.3) is 6.08 Å². The minimum absolute atomic E-state index is 0.0942. The van der Waals surface area contributed by atoms with Gasteiger partial charge in [0.15, 0.2) is 0 Å². The van der Waals surface area contributed by atoms with Crippen LogP contribution in [0.1, 0.15) is 47.6 Å². The van der Waals surface area contributed by atoms with Gasteiger partial charge in [-0.2, -0.15) is 0 Å². The summed E-state index contributed by atoms with van der Waals surface area (Å²) in [6.07, 6.45) is 2.00. The molecule has 1 aliphatic rings. The van der Waals surface area contributed by atoms with Crippen LogP contribution in [-0.4, -0.2) is 23.6 Å². The van der Waals surface area contributed by atoms with E-state index in [0.717, 1.165) is 23.3 Å². The molecule has 1 fully saturated rings. The third kappa shape index (κ3) is 4.72. The SMILES string of the molecule is C=Cc1cccc(C#Cc2cc(F)c(CC3C(=O)CC(CC)(c4ccccc4)N(C)C3=O)c(F)c2)c1. The first kappa shape index (κ1) is 25.1. The summed E-state index contributed by atoms with van der Waals surface area (Å²) in [6, 6.07) is 19.0. The fourth-order valence-electron chi connectivity index (χ4n) is 4.89. The lowest BCUT2D eigenvalue weighted by molar-refractivity contribution is -0.154. The van der Waals surface area contributed by atoms with Gasteiger partial charge in [0.1, 0.15) is 23.3 Å². The van der Waals surface area contributed by atoms with Gasteiger partial charge in [-0.15, -0.1) is 0 Å². The van der Waals surface area contributed by atoms with Crippen LogP contribution in [0.3, 0.4) is 0 Å². The van der Waals surface area contributed by atoms with Crippen molar-refractivity contribution in [3.05, 3.63) is 113 Å². The Morgan fingerprint density at radius 3 is 2.31 bits per heavy atom. The lowest BCUT2D eigenvalue weighted by atomic mass is 9.73. The van der Waals surface area contributed by atoms with Crippen molar-refractivity contribution in [2.24, 2.45) is 5.92 Å². The Kier molecular flexibility index (Phi) is 7.17. The summed E-state index contributed by atoms with van der Waals surface area (Å²) in [5, 5.41) is 0. The molecule has 0 aromatic heterocycles. The number of Topliss-reactive ketones (excluding diaryl/α,β-unsaturated/α-hetero) is 1. The van der Waals surface area contributed by atoms with E-state index in [1.54, 1.807) is 24.1 Å². The number of likely N-dealkylation sites (tertiary alicyclic amines) is 1. The maximum absolute atomic E-state index is 15.0. The zero-order valence-electron chi connectivity index (χ0n) is 20.4. The van der Waals surface area contributed by atoms with Gasteiger partial charge in [-0.05, 0) is 48.2 Å². The number of halogens is 2. The second-order valence-corrected chi connectivity index (χ2v) is 9.05. The van der Waals surface area contributed by atoms with Crippen molar-refractivity contribution in [3.63, 3.8) is 0 Å². The first-order valence-corrected chi connectivity index (χ1v) is 11.9. The molecule has 3 nitrogen and oxygen atoms in total. The Morgan fingerprint density at radius 2 is 1.67 bits per heavy atom. The number of hydrogen-bond acceptors (Lipinski definition) is 2. The number of piperidine rings is 1. The maximum Gasteiger partial charge on any atom is 0.233 e. The molecule has 36 heavy (non-hydrogen) atoms. The van der Waals surface area contributed by atoms with Crippen molar-refractivity contribution in [3.8, 4) is 11.8 Å².